The number of imidazole rings is 1. The monoisotopic (exact) mass is 471 g/mol. The second-order valence-corrected chi connectivity index (χ2v) is 8.49. The predicted molar refractivity (Wildman–Crippen MR) is 145 cm³/mol. The van der Waals surface area contributed by atoms with Crippen LogP contribution in [0.15, 0.2) is 109 Å². The van der Waals surface area contributed by atoms with Crippen LogP contribution in [0.4, 0.5) is 0 Å². The van der Waals surface area contributed by atoms with Crippen LogP contribution in [0.3, 0.4) is 0 Å². The third-order valence-electron chi connectivity index (χ3n) is 6.43. The van der Waals surface area contributed by atoms with E-state index in [1.807, 2.05) is 54.7 Å². The van der Waals surface area contributed by atoms with Gasteiger partial charge in [0.25, 0.3) is 0 Å². The van der Waals surface area contributed by atoms with E-state index in [0.717, 1.165) is 50.5 Å². The average Bonchev–Trinajstić information content (AvgIpc) is 3.55. The summed E-state index contributed by atoms with van der Waals surface area (Å²) >= 11 is 0. The normalized spacial score (nSPS) is 11.1. The summed E-state index contributed by atoms with van der Waals surface area (Å²) in [6, 6.07) is 35.0. The number of rotatable bonds is 6. The second-order valence-electron chi connectivity index (χ2n) is 8.49. The maximum atomic E-state index is 5.67. The first-order valence-corrected chi connectivity index (χ1v) is 11.8. The molecule has 0 radical (unpaired) electrons. The first kappa shape index (κ1) is 21.7. The van der Waals surface area contributed by atoms with Crippen molar-refractivity contribution in [1.82, 2.24) is 14.5 Å². The van der Waals surface area contributed by atoms with Gasteiger partial charge in [-0.05, 0) is 18.2 Å². The molecule has 2 heterocycles. The number of aromatic nitrogens is 3. The Labute approximate surface area is 209 Å². The molecule has 0 aliphatic rings. The molecule has 0 unspecified atom stereocenters. The largest absolute Gasteiger partial charge is 0.493 e. The van der Waals surface area contributed by atoms with Crippen molar-refractivity contribution in [3.05, 3.63) is 109 Å². The highest BCUT2D eigenvalue weighted by Crippen LogP contribution is 2.41. The van der Waals surface area contributed by atoms with Gasteiger partial charge in [0.15, 0.2) is 11.5 Å². The first-order valence-electron chi connectivity index (χ1n) is 11.8. The summed E-state index contributed by atoms with van der Waals surface area (Å²) in [4.78, 5) is 8.71. The highest BCUT2D eigenvalue weighted by Gasteiger charge is 2.24. The van der Waals surface area contributed by atoms with E-state index in [1.165, 1.54) is 0 Å². The van der Waals surface area contributed by atoms with Gasteiger partial charge >= 0.3 is 0 Å². The topological polar surface area (TPSA) is 52.1 Å². The SMILES string of the molecule is COc1ccc(-n2c(-c3c[nH]c4ccccc34)nc(-c3ccccc3)c2-c2ccccc2)cc1OC. The number of methoxy groups -OCH3 is 2. The van der Waals surface area contributed by atoms with Gasteiger partial charge in [0.2, 0.25) is 0 Å². The van der Waals surface area contributed by atoms with Crippen LogP contribution in [0.25, 0.3) is 50.5 Å². The lowest BCUT2D eigenvalue weighted by Crippen LogP contribution is -2.01. The minimum Gasteiger partial charge on any atom is -0.493 e. The lowest BCUT2D eigenvalue weighted by molar-refractivity contribution is 0.355. The summed E-state index contributed by atoms with van der Waals surface area (Å²) in [6.45, 7) is 0. The van der Waals surface area contributed by atoms with Crippen molar-refractivity contribution in [3.63, 3.8) is 0 Å². The number of nitrogens with zero attached hydrogens (tertiary/aromatic N) is 2. The van der Waals surface area contributed by atoms with Gasteiger partial charge in [0.05, 0.1) is 31.3 Å². The fourth-order valence-electron chi connectivity index (χ4n) is 4.73. The van der Waals surface area contributed by atoms with E-state index in [4.69, 9.17) is 14.5 Å². The van der Waals surface area contributed by atoms with E-state index in [9.17, 15) is 0 Å². The Hall–Kier alpha value is -4.77. The molecule has 0 spiro atoms. The van der Waals surface area contributed by atoms with Crippen molar-refractivity contribution in [2.45, 2.75) is 0 Å². The van der Waals surface area contributed by atoms with Crippen molar-refractivity contribution < 1.29 is 9.47 Å². The third kappa shape index (κ3) is 3.62. The molecule has 4 aromatic carbocycles. The summed E-state index contributed by atoms with van der Waals surface area (Å²) in [5, 5.41) is 1.11. The number of hydrogen-bond acceptors (Lipinski definition) is 3. The van der Waals surface area contributed by atoms with Crippen LogP contribution in [-0.4, -0.2) is 28.8 Å². The zero-order valence-electron chi connectivity index (χ0n) is 20.1. The Morgan fingerprint density at radius 3 is 2.08 bits per heavy atom. The maximum absolute atomic E-state index is 5.67. The number of para-hydroxylation sites is 1. The first-order chi connectivity index (χ1) is 17.8. The number of fused-ring (bicyclic) bond motifs is 1. The molecule has 0 atom stereocenters. The number of aromatic amines is 1. The Morgan fingerprint density at radius 2 is 1.36 bits per heavy atom. The lowest BCUT2D eigenvalue weighted by Gasteiger charge is -2.16. The quantitative estimate of drug-likeness (QED) is 0.276. The van der Waals surface area contributed by atoms with Crippen molar-refractivity contribution in [2.24, 2.45) is 0 Å². The van der Waals surface area contributed by atoms with Crippen molar-refractivity contribution in [3.8, 4) is 51.1 Å². The minimum atomic E-state index is 0.661. The van der Waals surface area contributed by atoms with Gasteiger partial charge in [0, 0.05) is 39.9 Å². The van der Waals surface area contributed by atoms with Gasteiger partial charge in [-0.25, -0.2) is 4.98 Å². The molecule has 1 N–H and O–H groups in total. The van der Waals surface area contributed by atoms with Crippen LogP contribution < -0.4 is 9.47 Å². The van der Waals surface area contributed by atoms with Gasteiger partial charge in [-0.15, -0.1) is 0 Å². The summed E-state index contributed by atoms with van der Waals surface area (Å²) in [6.07, 6.45) is 2.04. The highest BCUT2D eigenvalue weighted by molar-refractivity contribution is 5.96. The molecular weight excluding hydrogens is 446 g/mol. The van der Waals surface area contributed by atoms with E-state index in [2.05, 4.69) is 64.1 Å². The molecule has 0 saturated carbocycles. The average molecular weight is 472 g/mol. The van der Waals surface area contributed by atoms with E-state index in [0.29, 0.717) is 11.5 Å². The van der Waals surface area contributed by atoms with Crippen LogP contribution >= 0.6 is 0 Å². The second kappa shape index (κ2) is 9.12. The van der Waals surface area contributed by atoms with E-state index in [-0.39, 0.29) is 0 Å². The molecule has 0 saturated heterocycles. The fourth-order valence-corrected chi connectivity index (χ4v) is 4.73. The van der Waals surface area contributed by atoms with Crippen molar-refractivity contribution >= 4 is 10.9 Å². The Bertz CT molecular complexity index is 1650. The molecule has 0 aliphatic carbocycles. The maximum Gasteiger partial charge on any atom is 0.162 e. The van der Waals surface area contributed by atoms with Gasteiger partial charge in [0.1, 0.15) is 5.82 Å². The van der Waals surface area contributed by atoms with Crippen molar-refractivity contribution in [1.29, 1.82) is 0 Å². The predicted octanol–water partition coefficient (Wildman–Crippen LogP) is 7.37. The summed E-state index contributed by atoms with van der Waals surface area (Å²) in [5.41, 5.74) is 7.07. The standard InChI is InChI=1S/C31H25N3O2/c1-35-27-18-17-23(19-28(27)36-2)34-30(22-13-7-4-8-14-22)29(21-11-5-3-6-12-21)33-31(34)25-20-32-26-16-10-9-15-24(25)26/h3-20,32H,1-2H3. The van der Waals surface area contributed by atoms with Crippen LogP contribution in [0, 0.1) is 0 Å². The van der Waals surface area contributed by atoms with Gasteiger partial charge < -0.3 is 14.5 Å². The van der Waals surface area contributed by atoms with E-state index in [1.54, 1.807) is 14.2 Å². The Kier molecular flexibility index (Phi) is 5.51. The molecule has 6 rings (SSSR count). The van der Waals surface area contributed by atoms with Crippen LogP contribution in [0.1, 0.15) is 0 Å². The van der Waals surface area contributed by atoms with Gasteiger partial charge in [-0.1, -0.05) is 78.9 Å². The zero-order chi connectivity index (χ0) is 24.5. The third-order valence-corrected chi connectivity index (χ3v) is 6.43. The van der Waals surface area contributed by atoms with Crippen molar-refractivity contribution in [2.75, 3.05) is 14.2 Å². The minimum absolute atomic E-state index is 0.661. The number of ether oxygens (including phenoxy) is 2. The molecule has 0 aliphatic heterocycles. The fraction of sp³-hybridized carbons (Fsp3) is 0.0645. The molecule has 36 heavy (non-hydrogen) atoms. The summed E-state index contributed by atoms with van der Waals surface area (Å²) < 4.78 is 13.4. The molecule has 0 fully saturated rings. The number of hydrogen-bond donors (Lipinski definition) is 1. The lowest BCUT2D eigenvalue weighted by atomic mass is 10.0. The molecular formula is C31H25N3O2. The van der Waals surface area contributed by atoms with Crippen LogP contribution in [-0.2, 0) is 0 Å². The van der Waals surface area contributed by atoms with Gasteiger partial charge in [-0.3, -0.25) is 4.57 Å². The molecule has 0 amide bonds. The molecule has 5 heteroatoms. The summed E-state index contributed by atoms with van der Waals surface area (Å²) in [7, 11) is 3.30. The molecule has 0 bridgehead atoms. The number of H-pyrrole nitrogens is 1. The smallest absolute Gasteiger partial charge is 0.162 e. The highest BCUT2D eigenvalue weighted by atomic mass is 16.5. The Morgan fingerprint density at radius 1 is 0.694 bits per heavy atom. The molecule has 176 valence electrons. The molecule has 5 nitrogen and oxygen atoms in total. The van der Waals surface area contributed by atoms with Crippen LogP contribution in [0.5, 0.6) is 11.5 Å². The number of nitrogens with one attached hydrogen (secondary N) is 1. The van der Waals surface area contributed by atoms with Gasteiger partial charge in [-0.2, -0.15) is 0 Å². The summed E-state index contributed by atoms with van der Waals surface area (Å²) in [5.74, 6) is 2.19. The van der Waals surface area contributed by atoms with Crippen LogP contribution in [0.2, 0.25) is 0 Å². The Balaban J connectivity index is 1.73. The van der Waals surface area contributed by atoms with E-state index < -0.39 is 0 Å². The number of benzene rings is 4. The van der Waals surface area contributed by atoms with E-state index >= 15 is 0 Å². The molecule has 6 aromatic rings. The molecule has 2 aromatic heterocycles. The zero-order valence-corrected chi connectivity index (χ0v) is 20.1.